The number of thiazole rings is 1. The van der Waals surface area contributed by atoms with E-state index in [0.717, 1.165) is 11.4 Å². The Bertz CT molecular complexity index is 516. The first kappa shape index (κ1) is 19.1. The molecule has 1 N–H and O–H groups in total. The summed E-state index contributed by atoms with van der Waals surface area (Å²) in [7, 11) is 0. The summed E-state index contributed by atoms with van der Waals surface area (Å²) in [5.41, 5.74) is -0.483. The summed E-state index contributed by atoms with van der Waals surface area (Å²) in [6.07, 6.45) is 2.38. The van der Waals surface area contributed by atoms with Crippen LogP contribution in [0.1, 0.15) is 52.1 Å². The maximum atomic E-state index is 12.4. The molecule has 0 saturated carbocycles. The Hall–Kier alpha value is -1.18. The zero-order chi connectivity index (χ0) is 17.7. The van der Waals surface area contributed by atoms with Crippen LogP contribution < -0.4 is 5.32 Å². The minimum Gasteiger partial charge on any atom is -0.444 e. The van der Waals surface area contributed by atoms with Crippen LogP contribution in [-0.2, 0) is 9.47 Å². The Balaban J connectivity index is 1.91. The molecule has 1 saturated heterocycles. The van der Waals surface area contributed by atoms with Crippen molar-refractivity contribution >= 4 is 17.4 Å². The van der Waals surface area contributed by atoms with Crippen molar-refractivity contribution < 1.29 is 14.3 Å². The van der Waals surface area contributed by atoms with Gasteiger partial charge >= 0.3 is 6.09 Å². The predicted octanol–water partition coefficient (Wildman–Crippen LogP) is 3.21. The molecule has 2 rings (SSSR count). The second-order valence-electron chi connectivity index (χ2n) is 7.30. The zero-order valence-electron chi connectivity index (χ0n) is 15.2. The number of aromatic nitrogens is 1. The Morgan fingerprint density at radius 2 is 2.29 bits per heavy atom. The Labute approximate surface area is 148 Å². The van der Waals surface area contributed by atoms with Gasteiger partial charge in [-0.2, -0.15) is 0 Å². The monoisotopic (exact) mass is 355 g/mol. The van der Waals surface area contributed by atoms with E-state index in [1.165, 1.54) is 0 Å². The number of carbonyl (C=O) groups excluding carboxylic acids is 1. The van der Waals surface area contributed by atoms with Crippen LogP contribution in [0.15, 0.2) is 11.6 Å². The van der Waals surface area contributed by atoms with Crippen molar-refractivity contribution in [2.45, 2.75) is 64.8 Å². The minimum atomic E-state index is -0.483. The van der Waals surface area contributed by atoms with Crippen LogP contribution in [0.4, 0.5) is 4.79 Å². The molecule has 1 fully saturated rings. The summed E-state index contributed by atoms with van der Waals surface area (Å²) in [6.45, 7) is 11.6. The van der Waals surface area contributed by atoms with E-state index in [0.29, 0.717) is 19.8 Å². The minimum absolute atomic E-state index is 0.0274. The third-order valence-corrected chi connectivity index (χ3v) is 4.80. The van der Waals surface area contributed by atoms with E-state index >= 15 is 0 Å². The molecule has 0 aliphatic carbocycles. The second kappa shape index (κ2) is 8.27. The molecule has 1 amide bonds. The van der Waals surface area contributed by atoms with Gasteiger partial charge in [-0.1, -0.05) is 0 Å². The molecule has 2 heterocycles. The molecule has 1 aliphatic rings. The van der Waals surface area contributed by atoms with Gasteiger partial charge in [0.05, 0.1) is 25.3 Å². The van der Waals surface area contributed by atoms with Gasteiger partial charge in [0.1, 0.15) is 10.6 Å². The van der Waals surface area contributed by atoms with E-state index in [2.05, 4.69) is 24.1 Å². The standard InChI is InChI=1S/C17H29N3O3S/c1-12(19-13(2)15-18-6-9-24-15)10-14-11-22-8-7-20(14)16(21)23-17(3,4)5/h6,9,12-14,19H,7-8,10-11H2,1-5H3. The highest BCUT2D eigenvalue weighted by Gasteiger charge is 2.32. The van der Waals surface area contributed by atoms with E-state index in [1.54, 1.807) is 16.2 Å². The van der Waals surface area contributed by atoms with E-state index in [1.807, 2.05) is 32.3 Å². The average molecular weight is 356 g/mol. The summed E-state index contributed by atoms with van der Waals surface area (Å²) in [5, 5.41) is 6.61. The predicted molar refractivity (Wildman–Crippen MR) is 95.3 cm³/mol. The van der Waals surface area contributed by atoms with Gasteiger partial charge in [0.2, 0.25) is 0 Å². The average Bonchev–Trinajstić information content (AvgIpc) is 3.00. The van der Waals surface area contributed by atoms with Crippen molar-refractivity contribution in [3.8, 4) is 0 Å². The lowest BCUT2D eigenvalue weighted by Gasteiger charge is -2.38. The highest BCUT2D eigenvalue weighted by Crippen LogP contribution is 2.20. The van der Waals surface area contributed by atoms with E-state index in [9.17, 15) is 4.79 Å². The molecule has 0 radical (unpaired) electrons. The maximum Gasteiger partial charge on any atom is 0.410 e. The summed E-state index contributed by atoms with van der Waals surface area (Å²) >= 11 is 1.65. The molecule has 0 spiro atoms. The van der Waals surface area contributed by atoms with Gasteiger partial charge in [0.25, 0.3) is 0 Å². The van der Waals surface area contributed by atoms with Crippen LogP contribution >= 0.6 is 11.3 Å². The summed E-state index contributed by atoms with van der Waals surface area (Å²) in [6, 6.07) is 0.458. The first-order chi connectivity index (χ1) is 11.3. The smallest absolute Gasteiger partial charge is 0.410 e. The number of hydrogen-bond acceptors (Lipinski definition) is 6. The first-order valence-electron chi connectivity index (χ1n) is 8.49. The fourth-order valence-corrected chi connectivity index (χ4v) is 3.49. The highest BCUT2D eigenvalue weighted by molar-refractivity contribution is 7.09. The van der Waals surface area contributed by atoms with Crippen LogP contribution in [0.5, 0.6) is 0 Å². The van der Waals surface area contributed by atoms with Gasteiger partial charge in [-0.3, -0.25) is 0 Å². The summed E-state index contributed by atoms with van der Waals surface area (Å²) in [4.78, 5) is 18.6. The molecule has 1 aromatic rings. The molecular weight excluding hydrogens is 326 g/mol. The Kier molecular flexibility index (Phi) is 6.60. The van der Waals surface area contributed by atoms with Crippen molar-refractivity contribution in [1.82, 2.24) is 15.2 Å². The number of nitrogens with zero attached hydrogens (tertiary/aromatic N) is 2. The van der Waals surface area contributed by atoms with Crippen molar-refractivity contribution in [2.75, 3.05) is 19.8 Å². The maximum absolute atomic E-state index is 12.4. The molecule has 136 valence electrons. The number of amides is 1. The fraction of sp³-hybridized carbons (Fsp3) is 0.765. The van der Waals surface area contributed by atoms with Crippen LogP contribution in [-0.4, -0.2) is 53.4 Å². The first-order valence-corrected chi connectivity index (χ1v) is 9.37. The molecule has 0 bridgehead atoms. The van der Waals surface area contributed by atoms with Gasteiger partial charge in [-0.25, -0.2) is 9.78 Å². The number of rotatable bonds is 5. The quantitative estimate of drug-likeness (QED) is 0.879. The van der Waals surface area contributed by atoms with Gasteiger partial charge in [0, 0.05) is 24.2 Å². The van der Waals surface area contributed by atoms with Gasteiger partial charge in [-0.15, -0.1) is 11.3 Å². The SMILES string of the molecule is CC(CC1COCCN1C(=O)OC(C)(C)C)NC(C)c1nccs1. The van der Waals surface area contributed by atoms with Crippen molar-refractivity contribution in [1.29, 1.82) is 0 Å². The van der Waals surface area contributed by atoms with Gasteiger partial charge < -0.3 is 19.7 Å². The number of carbonyl (C=O) groups is 1. The second-order valence-corrected chi connectivity index (χ2v) is 8.22. The molecular formula is C17H29N3O3S. The number of hydrogen-bond donors (Lipinski definition) is 1. The van der Waals surface area contributed by atoms with Crippen molar-refractivity contribution in [2.24, 2.45) is 0 Å². The van der Waals surface area contributed by atoms with Crippen LogP contribution in [0.25, 0.3) is 0 Å². The van der Waals surface area contributed by atoms with E-state index in [4.69, 9.17) is 9.47 Å². The normalized spacial score (nSPS) is 21.4. The van der Waals surface area contributed by atoms with Gasteiger partial charge in [-0.05, 0) is 41.0 Å². The zero-order valence-corrected chi connectivity index (χ0v) is 16.1. The molecule has 3 unspecified atom stereocenters. The lowest BCUT2D eigenvalue weighted by molar-refractivity contribution is -0.0357. The van der Waals surface area contributed by atoms with Crippen LogP contribution in [0.3, 0.4) is 0 Å². The van der Waals surface area contributed by atoms with E-state index < -0.39 is 5.60 Å². The summed E-state index contributed by atoms with van der Waals surface area (Å²) in [5.74, 6) is 0. The lowest BCUT2D eigenvalue weighted by atomic mass is 10.1. The van der Waals surface area contributed by atoms with E-state index in [-0.39, 0.29) is 24.2 Å². The number of morpholine rings is 1. The van der Waals surface area contributed by atoms with Crippen LogP contribution in [0, 0.1) is 0 Å². The number of ether oxygens (including phenoxy) is 2. The Morgan fingerprint density at radius 3 is 2.92 bits per heavy atom. The third kappa shape index (κ3) is 5.72. The topological polar surface area (TPSA) is 63.7 Å². The van der Waals surface area contributed by atoms with Crippen molar-refractivity contribution in [3.05, 3.63) is 16.6 Å². The summed E-state index contributed by atoms with van der Waals surface area (Å²) < 4.78 is 11.1. The van der Waals surface area contributed by atoms with Gasteiger partial charge in [0.15, 0.2) is 0 Å². The number of nitrogens with one attached hydrogen (secondary N) is 1. The molecule has 6 nitrogen and oxygen atoms in total. The van der Waals surface area contributed by atoms with Crippen LogP contribution in [0.2, 0.25) is 0 Å². The molecule has 1 aliphatic heterocycles. The third-order valence-electron chi connectivity index (χ3n) is 3.84. The largest absolute Gasteiger partial charge is 0.444 e. The highest BCUT2D eigenvalue weighted by atomic mass is 32.1. The molecule has 24 heavy (non-hydrogen) atoms. The Morgan fingerprint density at radius 1 is 1.54 bits per heavy atom. The van der Waals surface area contributed by atoms with Crippen molar-refractivity contribution in [3.63, 3.8) is 0 Å². The molecule has 7 heteroatoms. The fourth-order valence-electron chi connectivity index (χ4n) is 2.83. The molecule has 0 aromatic carbocycles. The molecule has 1 aromatic heterocycles. The lowest BCUT2D eigenvalue weighted by Crippen LogP contribution is -2.52. The molecule has 3 atom stereocenters.